The predicted octanol–water partition coefficient (Wildman–Crippen LogP) is 0.132. The first-order valence-electron chi connectivity index (χ1n) is 7.62. The summed E-state index contributed by atoms with van der Waals surface area (Å²) in [7, 11) is 1.48. The van der Waals surface area contributed by atoms with Gasteiger partial charge >= 0.3 is 5.97 Å². The molecule has 0 unspecified atom stereocenters. The van der Waals surface area contributed by atoms with E-state index in [1.54, 1.807) is 5.38 Å². The van der Waals surface area contributed by atoms with Crippen molar-refractivity contribution < 1.29 is 25.0 Å². The van der Waals surface area contributed by atoms with Gasteiger partial charge in [0.2, 0.25) is 0 Å². The Balaban J connectivity index is 0.00000196. The topological polar surface area (TPSA) is 178 Å². The van der Waals surface area contributed by atoms with Crippen LogP contribution < -0.4 is 11.5 Å². The maximum Gasteiger partial charge on any atom is 0.352 e. The minimum Gasteiger partial charge on any atom is -0.477 e. The highest BCUT2D eigenvalue weighted by Crippen LogP contribution is 2.40. The predicted molar refractivity (Wildman–Crippen MR) is 108 cm³/mol. The summed E-state index contributed by atoms with van der Waals surface area (Å²) in [5, 5.41) is 14.1. The van der Waals surface area contributed by atoms with Crippen molar-refractivity contribution in [2.75, 3.05) is 12.8 Å². The molecule has 2 amide bonds. The van der Waals surface area contributed by atoms with E-state index < -0.39 is 29.2 Å². The molecule has 1 fully saturated rings. The van der Waals surface area contributed by atoms with E-state index in [1.807, 2.05) is 6.92 Å². The Bertz CT molecular complexity index is 879. The monoisotopic (exact) mass is 427 g/mol. The molecule has 152 valence electrons. The lowest BCUT2D eigenvalue weighted by atomic mass is 10.0. The second-order valence-electron chi connectivity index (χ2n) is 5.57. The Morgan fingerprint density at radius 2 is 2.18 bits per heavy atom. The number of thiazole rings is 1. The smallest absolute Gasteiger partial charge is 0.352 e. The molecule has 1 aromatic rings. The van der Waals surface area contributed by atoms with E-state index in [2.05, 4.69) is 21.9 Å². The lowest BCUT2D eigenvalue weighted by Crippen LogP contribution is -2.71. The van der Waals surface area contributed by atoms with E-state index in [0.717, 1.165) is 5.01 Å². The first kappa shape index (κ1) is 23.5. The highest BCUT2D eigenvalue weighted by atomic mass is 32.2. The second-order valence-corrected chi connectivity index (χ2v) is 7.74. The van der Waals surface area contributed by atoms with Crippen LogP contribution in [0.2, 0.25) is 0 Å². The number of carboxylic acids is 1. The molecule has 0 bridgehead atoms. The van der Waals surface area contributed by atoms with Crippen LogP contribution in [-0.4, -0.2) is 68.2 Å². The van der Waals surface area contributed by atoms with E-state index in [9.17, 15) is 19.5 Å². The highest BCUT2D eigenvalue weighted by molar-refractivity contribution is 8.00. The summed E-state index contributed by atoms with van der Waals surface area (Å²) in [6, 6.07) is -0.801. The number of carboxylic acid groups (broad SMARTS) is 1. The number of β-lactam (4-membered cyclic amide) rings is 1. The molecule has 2 aliphatic rings. The number of hydrogen-bond donors (Lipinski definition) is 3. The van der Waals surface area contributed by atoms with Crippen molar-refractivity contribution in [3.8, 4) is 0 Å². The molecule has 0 saturated carbocycles. The van der Waals surface area contributed by atoms with Crippen LogP contribution in [0.5, 0.6) is 0 Å². The maximum absolute atomic E-state index is 12.5. The van der Waals surface area contributed by atoms with Gasteiger partial charge in [0, 0.05) is 18.2 Å². The standard InChI is InChI=1S/C16H16N4O4S2.H3N.H2O/c1-4-8-5-26-15-11(14(22)20(15)12(8)16(23)24)19-13(21)10(17-3)9-6-25-7(2)18-9;;/h4,6,11,15H,1,5H2,2-3H3,(H,19,21)(H,23,24);1H3;1H2/t11-,15-;;/m1../s1. The van der Waals surface area contributed by atoms with E-state index >= 15 is 0 Å². The number of nitrogens with zero attached hydrogens (tertiary/aromatic N) is 3. The number of thioether (sulfide) groups is 1. The molecule has 0 aliphatic carbocycles. The summed E-state index contributed by atoms with van der Waals surface area (Å²) in [5.74, 6) is -1.74. The van der Waals surface area contributed by atoms with Crippen LogP contribution >= 0.6 is 23.1 Å². The molecule has 12 heteroatoms. The van der Waals surface area contributed by atoms with E-state index in [1.165, 1.54) is 41.1 Å². The fourth-order valence-corrected chi connectivity index (χ4v) is 4.75. The van der Waals surface area contributed by atoms with Crippen LogP contribution in [0.3, 0.4) is 0 Å². The molecule has 1 aromatic heterocycles. The highest BCUT2D eigenvalue weighted by Gasteiger charge is 2.54. The van der Waals surface area contributed by atoms with Crippen LogP contribution in [0.15, 0.2) is 34.3 Å². The van der Waals surface area contributed by atoms with Crippen molar-refractivity contribution in [3.05, 3.63) is 40.0 Å². The maximum atomic E-state index is 12.5. The van der Waals surface area contributed by atoms with Gasteiger partial charge in [-0.1, -0.05) is 12.7 Å². The van der Waals surface area contributed by atoms with Gasteiger partial charge in [0.05, 0.1) is 5.01 Å². The largest absolute Gasteiger partial charge is 0.477 e. The van der Waals surface area contributed by atoms with Gasteiger partial charge in [0.1, 0.15) is 28.5 Å². The van der Waals surface area contributed by atoms with Crippen molar-refractivity contribution >= 4 is 46.6 Å². The summed E-state index contributed by atoms with van der Waals surface area (Å²) in [6.45, 7) is 5.42. The number of amides is 2. The first-order chi connectivity index (χ1) is 12.4. The second kappa shape index (κ2) is 9.10. The van der Waals surface area contributed by atoms with Gasteiger partial charge in [0.25, 0.3) is 11.8 Å². The van der Waals surface area contributed by atoms with Crippen LogP contribution in [0, 0.1) is 6.92 Å². The van der Waals surface area contributed by atoms with Crippen molar-refractivity contribution in [1.29, 1.82) is 0 Å². The Hall–Kier alpha value is -2.54. The third-order valence-electron chi connectivity index (χ3n) is 4.03. The summed E-state index contributed by atoms with van der Waals surface area (Å²) in [4.78, 5) is 45.9. The minimum atomic E-state index is -1.18. The van der Waals surface area contributed by atoms with E-state index in [0.29, 0.717) is 17.0 Å². The normalized spacial score (nSPS) is 21.0. The average molecular weight is 428 g/mol. The van der Waals surface area contributed by atoms with Crippen molar-refractivity contribution in [3.63, 3.8) is 0 Å². The zero-order valence-corrected chi connectivity index (χ0v) is 16.9. The number of aliphatic imine (C=N–C) groups is 1. The minimum absolute atomic E-state index is 0. The number of nitrogens with one attached hydrogen (secondary N) is 1. The van der Waals surface area contributed by atoms with Crippen LogP contribution in [-0.2, 0) is 14.4 Å². The van der Waals surface area contributed by atoms with Crippen LogP contribution in [0.4, 0.5) is 0 Å². The number of allylic oxidation sites excluding steroid dienone is 1. The molecule has 2 aliphatic heterocycles. The van der Waals surface area contributed by atoms with Crippen LogP contribution in [0.25, 0.3) is 0 Å². The summed E-state index contributed by atoms with van der Waals surface area (Å²) in [6.07, 6.45) is 1.44. The summed E-state index contributed by atoms with van der Waals surface area (Å²) in [5.41, 5.74) is 1.01. The summed E-state index contributed by atoms with van der Waals surface area (Å²) < 4.78 is 0. The summed E-state index contributed by atoms with van der Waals surface area (Å²) >= 11 is 2.78. The van der Waals surface area contributed by atoms with Gasteiger partial charge in [-0.3, -0.25) is 19.5 Å². The van der Waals surface area contributed by atoms with Gasteiger partial charge < -0.3 is 22.1 Å². The number of carbonyl (C=O) groups is 3. The van der Waals surface area contributed by atoms with Crippen molar-refractivity contribution in [2.24, 2.45) is 4.99 Å². The molecule has 3 heterocycles. The SMILES string of the molecule is C=CC1=C(C(=O)O)N2C(=O)[C@@H](NC(=O)C(=NC)c3csc(C)n3)[C@H]2SC1.N.O. The Kier molecular flexibility index (Phi) is 7.64. The zero-order valence-electron chi connectivity index (χ0n) is 15.3. The third kappa shape index (κ3) is 3.85. The van der Waals surface area contributed by atoms with Gasteiger partial charge in [-0.15, -0.1) is 23.1 Å². The number of carbonyl (C=O) groups excluding carboxylic acids is 2. The third-order valence-corrected chi connectivity index (χ3v) is 6.11. The number of aromatic nitrogens is 1. The van der Waals surface area contributed by atoms with Gasteiger partial charge in [0.15, 0.2) is 0 Å². The van der Waals surface area contributed by atoms with Crippen LogP contribution in [0.1, 0.15) is 10.7 Å². The molecule has 1 saturated heterocycles. The van der Waals surface area contributed by atoms with Crippen molar-refractivity contribution in [2.45, 2.75) is 18.3 Å². The molecule has 7 N–H and O–H groups in total. The number of aliphatic carboxylic acids is 1. The molecule has 28 heavy (non-hydrogen) atoms. The molecule has 0 radical (unpaired) electrons. The molecular weight excluding hydrogens is 406 g/mol. The number of rotatable bonds is 5. The quantitative estimate of drug-likeness (QED) is 0.441. The molecule has 3 rings (SSSR count). The molecular formula is C16H21N5O5S2. The lowest BCUT2D eigenvalue weighted by molar-refractivity contribution is -0.150. The Morgan fingerprint density at radius 1 is 1.50 bits per heavy atom. The fourth-order valence-electron chi connectivity index (χ4n) is 2.81. The van der Waals surface area contributed by atoms with Gasteiger partial charge in [-0.05, 0) is 12.5 Å². The zero-order chi connectivity index (χ0) is 19.0. The van der Waals surface area contributed by atoms with Crippen molar-refractivity contribution in [1.82, 2.24) is 21.4 Å². The Morgan fingerprint density at radius 3 is 2.68 bits per heavy atom. The lowest BCUT2D eigenvalue weighted by Gasteiger charge is -2.49. The van der Waals surface area contributed by atoms with Gasteiger partial charge in [-0.25, -0.2) is 9.78 Å². The molecule has 10 nitrogen and oxygen atoms in total. The van der Waals surface area contributed by atoms with Gasteiger partial charge in [-0.2, -0.15) is 0 Å². The Labute approximate surface area is 169 Å². The molecule has 0 spiro atoms. The average Bonchev–Trinajstić information content (AvgIpc) is 3.04. The number of fused-ring (bicyclic) bond motifs is 1. The van der Waals surface area contributed by atoms with E-state index in [4.69, 9.17) is 0 Å². The first-order valence-corrected chi connectivity index (χ1v) is 9.55. The number of aryl methyl sites for hydroxylation is 1. The molecule has 0 aromatic carbocycles. The number of hydrogen-bond acceptors (Lipinski definition) is 8. The molecule has 2 atom stereocenters. The van der Waals surface area contributed by atoms with E-state index in [-0.39, 0.29) is 23.0 Å². The fraction of sp³-hybridized carbons (Fsp3) is 0.312.